The summed E-state index contributed by atoms with van der Waals surface area (Å²) in [5.41, 5.74) is 25.3. The molecule has 0 unspecified atom stereocenters. The van der Waals surface area contributed by atoms with Crippen LogP contribution in [0.2, 0.25) is 0 Å². The fourth-order valence-electron chi connectivity index (χ4n) is 6.96. The SMILES string of the molecule is CC(C)C[C@@H](N)C(=O)N[C@H](CCCN)C(=O)N[C@H](CCCCNC(=O)[C@@H](CCCN)NC(=O)[C@@H](CC(C)C)NC(=O)[C@@H](Cc1ccccc1)NC(=O)[C@H](N)Cc1ccccc1)C(=O)O. The van der Waals surface area contributed by atoms with Gasteiger partial charge in [0.15, 0.2) is 0 Å². The number of nitrogens with one attached hydrogen (secondary N) is 6. The maximum atomic E-state index is 13.9. The lowest BCUT2D eigenvalue weighted by molar-refractivity contribution is -0.142. The van der Waals surface area contributed by atoms with E-state index in [0.717, 1.165) is 11.1 Å². The highest BCUT2D eigenvalue weighted by Gasteiger charge is 2.32. The van der Waals surface area contributed by atoms with Crippen molar-refractivity contribution in [2.75, 3.05) is 19.6 Å². The molecule has 2 aromatic carbocycles. The number of nitrogens with two attached hydrogens (primary N) is 4. The third-order valence-electron chi connectivity index (χ3n) is 10.4. The van der Waals surface area contributed by atoms with Crippen LogP contribution in [0.1, 0.15) is 96.6 Å². The number of benzene rings is 2. The van der Waals surface area contributed by atoms with Gasteiger partial charge in [-0.1, -0.05) is 88.4 Å². The van der Waals surface area contributed by atoms with E-state index >= 15 is 0 Å². The van der Waals surface area contributed by atoms with Crippen molar-refractivity contribution in [1.29, 1.82) is 0 Å². The van der Waals surface area contributed by atoms with E-state index in [1.807, 2.05) is 88.4 Å². The first-order chi connectivity index (χ1) is 30.4. The Morgan fingerprint density at radius 1 is 0.484 bits per heavy atom. The van der Waals surface area contributed by atoms with Crippen LogP contribution >= 0.6 is 0 Å². The average Bonchev–Trinajstić information content (AvgIpc) is 3.25. The van der Waals surface area contributed by atoms with E-state index in [1.54, 1.807) is 0 Å². The molecular weight excluding hydrogens is 821 g/mol. The summed E-state index contributed by atoms with van der Waals surface area (Å²) in [6.45, 7) is 8.26. The standard InChI is InChI=1S/C46H74N10O8/c1-29(2)25-33(49)40(57)52-36(21-14-23-48)43(60)54-37(46(63)64)19-11-12-24-51-42(59)35(20-13-22-47)53-44(61)38(26-30(3)4)56-45(62)39(28-32-17-9-6-10-18-32)55-41(58)34(50)27-31-15-7-5-8-16-31/h5-10,15-18,29-30,33-39H,11-14,19-28,47-50H2,1-4H3,(H,51,59)(H,52,57)(H,53,61)(H,54,60)(H,55,58)(H,56,62)(H,63,64)/t33-,34-,35-,36-,37-,38-,39-/m1/s1. The van der Waals surface area contributed by atoms with Gasteiger partial charge in [0.2, 0.25) is 35.4 Å². The summed E-state index contributed by atoms with van der Waals surface area (Å²) >= 11 is 0. The number of hydrogen-bond donors (Lipinski definition) is 11. The van der Waals surface area contributed by atoms with Crippen LogP contribution in [0.25, 0.3) is 0 Å². The molecule has 15 N–H and O–H groups in total. The number of unbranched alkanes of at least 4 members (excludes halogenated alkanes) is 1. The van der Waals surface area contributed by atoms with Gasteiger partial charge in [-0.25, -0.2) is 4.79 Å². The van der Waals surface area contributed by atoms with E-state index < -0.39 is 83.7 Å². The molecule has 2 rings (SSSR count). The van der Waals surface area contributed by atoms with Crippen molar-refractivity contribution in [3.05, 3.63) is 71.8 Å². The molecule has 0 saturated heterocycles. The predicted molar refractivity (Wildman–Crippen MR) is 246 cm³/mol. The van der Waals surface area contributed by atoms with Crippen LogP contribution < -0.4 is 54.8 Å². The van der Waals surface area contributed by atoms with Crippen LogP contribution in [0.4, 0.5) is 0 Å². The van der Waals surface area contributed by atoms with Gasteiger partial charge in [0, 0.05) is 13.0 Å². The molecule has 2 aromatic rings. The molecule has 0 spiro atoms. The van der Waals surface area contributed by atoms with Crippen molar-refractivity contribution < 1.29 is 38.7 Å². The first-order valence-corrected chi connectivity index (χ1v) is 22.5. The van der Waals surface area contributed by atoms with Crippen LogP contribution in [0, 0.1) is 11.8 Å². The van der Waals surface area contributed by atoms with Gasteiger partial charge >= 0.3 is 5.97 Å². The minimum Gasteiger partial charge on any atom is -0.480 e. The van der Waals surface area contributed by atoms with Gasteiger partial charge in [-0.3, -0.25) is 28.8 Å². The van der Waals surface area contributed by atoms with Crippen LogP contribution in [0.3, 0.4) is 0 Å². The zero-order valence-corrected chi connectivity index (χ0v) is 38.0. The van der Waals surface area contributed by atoms with Crippen molar-refractivity contribution in [2.24, 2.45) is 34.8 Å². The Kier molecular flexibility index (Phi) is 25.5. The molecule has 0 radical (unpaired) electrons. The van der Waals surface area contributed by atoms with Gasteiger partial charge in [-0.15, -0.1) is 0 Å². The first-order valence-electron chi connectivity index (χ1n) is 22.5. The summed E-state index contributed by atoms with van der Waals surface area (Å²) in [6, 6.07) is 11.2. The maximum Gasteiger partial charge on any atom is 0.326 e. The van der Waals surface area contributed by atoms with Crippen molar-refractivity contribution >= 4 is 41.4 Å². The Hall–Kier alpha value is -5.43. The Labute approximate surface area is 377 Å². The quantitative estimate of drug-likeness (QED) is 0.0461. The van der Waals surface area contributed by atoms with Crippen molar-refractivity contribution in [3.63, 3.8) is 0 Å². The fraction of sp³-hybridized carbons (Fsp3) is 0.587. The number of hydrogen-bond acceptors (Lipinski definition) is 11. The van der Waals surface area contributed by atoms with Crippen molar-refractivity contribution in [1.82, 2.24) is 31.9 Å². The number of carbonyl (C=O) groups is 7. The van der Waals surface area contributed by atoms with Gasteiger partial charge in [-0.05, 0) is 100 Å². The van der Waals surface area contributed by atoms with Crippen LogP contribution in [0.15, 0.2) is 60.7 Å². The number of amides is 6. The van der Waals surface area contributed by atoms with E-state index in [9.17, 15) is 38.7 Å². The topological polar surface area (TPSA) is 316 Å². The normalized spacial score (nSPS) is 14.5. The van der Waals surface area contributed by atoms with E-state index in [1.165, 1.54) is 0 Å². The predicted octanol–water partition coefficient (Wildman–Crippen LogP) is 0.491. The summed E-state index contributed by atoms with van der Waals surface area (Å²) < 4.78 is 0. The average molecular weight is 895 g/mol. The molecule has 6 amide bonds. The molecule has 7 atom stereocenters. The molecule has 0 heterocycles. The summed E-state index contributed by atoms with van der Waals surface area (Å²) in [7, 11) is 0. The monoisotopic (exact) mass is 895 g/mol. The molecule has 0 saturated carbocycles. The van der Waals surface area contributed by atoms with Crippen LogP contribution in [-0.4, -0.2) is 108 Å². The smallest absolute Gasteiger partial charge is 0.326 e. The third kappa shape index (κ3) is 21.3. The zero-order valence-electron chi connectivity index (χ0n) is 38.0. The Morgan fingerprint density at radius 2 is 0.906 bits per heavy atom. The lowest BCUT2D eigenvalue weighted by Gasteiger charge is -2.27. The third-order valence-corrected chi connectivity index (χ3v) is 10.4. The molecule has 0 bridgehead atoms. The number of carboxylic acids is 1. The Balaban J connectivity index is 2.08. The molecule has 18 heteroatoms. The van der Waals surface area contributed by atoms with Gasteiger partial charge < -0.3 is 59.9 Å². The molecule has 0 aliphatic heterocycles. The van der Waals surface area contributed by atoms with Crippen molar-refractivity contribution in [3.8, 4) is 0 Å². The molecule has 0 aliphatic rings. The van der Waals surface area contributed by atoms with Gasteiger partial charge in [0.1, 0.15) is 30.2 Å². The second-order valence-electron chi connectivity index (χ2n) is 17.1. The highest BCUT2D eigenvalue weighted by atomic mass is 16.4. The minimum atomic E-state index is -1.26. The van der Waals surface area contributed by atoms with Crippen LogP contribution in [-0.2, 0) is 46.4 Å². The number of carboxylic acid groups (broad SMARTS) is 1. The van der Waals surface area contributed by atoms with Crippen molar-refractivity contribution in [2.45, 2.75) is 141 Å². The van der Waals surface area contributed by atoms with E-state index in [-0.39, 0.29) is 70.0 Å². The number of rotatable bonds is 31. The number of aliphatic carboxylic acids is 1. The zero-order chi connectivity index (χ0) is 47.6. The minimum absolute atomic E-state index is 0.0377. The molecular formula is C46H74N10O8. The van der Waals surface area contributed by atoms with E-state index in [2.05, 4.69) is 31.9 Å². The summed E-state index contributed by atoms with van der Waals surface area (Å²) in [6.07, 6.45) is 2.94. The summed E-state index contributed by atoms with van der Waals surface area (Å²) in [5.74, 6) is -4.52. The Bertz CT molecular complexity index is 1750. The number of carbonyl (C=O) groups excluding carboxylic acids is 6. The lowest BCUT2D eigenvalue weighted by atomic mass is 10.00. The van der Waals surface area contributed by atoms with Gasteiger partial charge in [0.25, 0.3) is 0 Å². The van der Waals surface area contributed by atoms with Crippen LogP contribution in [0.5, 0.6) is 0 Å². The first kappa shape index (κ1) is 54.7. The van der Waals surface area contributed by atoms with E-state index in [0.29, 0.717) is 32.1 Å². The molecule has 18 nitrogen and oxygen atoms in total. The van der Waals surface area contributed by atoms with Gasteiger partial charge in [0.05, 0.1) is 12.1 Å². The highest BCUT2D eigenvalue weighted by molar-refractivity contribution is 5.95. The molecule has 64 heavy (non-hydrogen) atoms. The summed E-state index contributed by atoms with van der Waals surface area (Å²) in [4.78, 5) is 92.6. The Morgan fingerprint density at radius 3 is 1.44 bits per heavy atom. The molecule has 0 aliphatic carbocycles. The second kappa shape index (κ2) is 29.8. The maximum absolute atomic E-state index is 13.9. The lowest BCUT2D eigenvalue weighted by Crippen LogP contribution is -2.58. The summed E-state index contributed by atoms with van der Waals surface area (Å²) in [5, 5.41) is 26.2. The second-order valence-corrected chi connectivity index (χ2v) is 17.1. The molecule has 0 fully saturated rings. The molecule has 356 valence electrons. The fourth-order valence-corrected chi connectivity index (χ4v) is 6.96. The van der Waals surface area contributed by atoms with E-state index in [4.69, 9.17) is 22.9 Å². The largest absolute Gasteiger partial charge is 0.480 e. The molecule has 0 aromatic heterocycles. The highest BCUT2D eigenvalue weighted by Crippen LogP contribution is 2.11. The van der Waals surface area contributed by atoms with Gasteiger partial charge in [-0.2, -0.15) is 0 Å².